The number of nitrogens with zero attached hydrogens (tertiary/aromatic N) is 1. The fourth-order valence-corrected chi connectivity index (χ4v) is 6.76. The quantitative estimate of drug-likeness (QED) is 0.252. The number of aromatic nitrogens is 1. The molecule has 12 heteroatoms. The summed E-state index contributed by atoms with van der Waals surface area (Å²) in [5, 5.41) is 18.7. The van der Waals surface area contributed by atoms with Crippen LogP contribution in [0.3, 0.4) is 0 Å². The Balaban J connectivity index is 1.66. The normalized spacial score (nSPS) is 22.8. The van der Waals surface area contributed by atoms with Gasteiger partial charge in [-0.05, 0) is 57.6 Å². The van der Waals surface area contributed by atoms with Gasteiger partial charge < -0.3 is 30.5 Å². The van der Waals surface area contributed by atoms with Gasteiger partial charge in [0.15, 0.2) is 0 Å². The Morgan fingerprint density at radius 3 is 2.72 bits per heavy atom. The number of halogens is 3. The molecule has 4 unspecified atom stereocenters. The highest BCUT2D eigenvalue weighted by molar-refractivity contribution is 9.10. The SMILES string of the molecule is COc1cc(OCCO)ccc1NC(=O)C1NC(CC(C)(C)C)C2(C(=O)Nc3cc(Cl)cnc32)C1c1cccc(Br)c1F. The van der Waals surface area contributed by atoms with Crippen molar-refractivity contribution in [1.29, 1.82) is 0 Å². The van der Waals surface area contributed by atoms with E-state index in [0.29, 0.717) is 40.0 Å². The van der Waals surface area contributed by atoms with Gasteiger partial charge in [0.1, 0.15) is 29.3 Å². The van der Waals surface area contributed by atoms with Crippen molar-refractivity contribution in [2.75, 3.05) is 31.0 Å². The fraction of sp³-hybridized carbons (Fsp3) is 0.387. The number of rotatable bonds is 8. The van der Waals surface area contributed by atoms with Gasteiger partial charge >= 0.3 is 0 Å². The van der Waals surface area contributed by atoms with E-state index in [0.717, 1.165) is 0 Å². The number of hydrogen-bond acceptors (Lipinski definition) is 7. The second kappa shape index (κ2) is 12.0. The van der Waals surface area contributed by atoms with Crippen LogP contribution in [-0.2, 0) is 15.0 Å². The Bertz CT molecular complexity index is 1570. The maximum atomic E-state index is 16.0. The topological polar surface area (TPSA) is 122 Å². The average molecular weight is 676 g/mol. The zero-order valence-electron chi connectivity index (χ0n) is 24.1. The maximum Gasteiger partial charge on any atom is 0.242 e. The van der Waals surface area contributed by atoms with Crippen molar-refractivity contribution in [2.24, 2.45) is 5.41 Å². The second-order valence-corrected chi connectivity index (χ2v) is 13.2. The van der Waals surface area contributed by atoms with Crippen LogP contribution in [0.2, 0.25) is 5.02 Å². The molecule has 2 amide bonds. The molecule has 9 nitrogen and oxygen atoms in total. The molecule has 4 N–H and O–H groups in total. The first-order valence-electron chi connectivity index (χ1n) is 13.8. The lowest BCUT2D eigenvalue weighted by Crippen LogP contribution is -2.50. The largest absolute Gasteiger partial charge is 0.494 e. The highest BCUT2D eigenvalue weighted by Gasteiger charge is 2.67. The number of hydrogen-bond donors (Lipinski definition) is 4. The maximum absolute atomic E-state index is 16.0. The van der Waals surface area contributed by atoms with Gasteiger partial charge in [-0.1, -0.05) is 44.5 Å². The van der Waals surface area contributed by atoms with E-state index in [-0.39, 0.29) is 34.6 Å². The predicted octanol–water partition coefficient (Wildman–Crippen LogP) is 5.41. The van der Waals surface area contributed by atoms with Crippen LogP contribution in [0.15, 0.2) is 53.1 Å². The minimum Gasteiger partial charge on any atom is -0.494 e. The zero-order valence-corrected chi connectivity index (χ0v) is 26.5. The van der Waals surface area contributed by atoms with Crippen LogP contribution in [0.5, 0.6) is 11.5 Å². The molecule has 2 aromatic carbocycles. The van der Waals surface area contributed by atoms with Gasteiger partial charge in [0, 0.05) is 24.2 Å². The molecule has 3 heterocycles. The van der Waals surface area contributed by atoms with Gasteiger partial charge in [0.05, 0.1) is 46.3 Å². The van der Waals surface area contributed by atoms with E-state index in [1.165, 1.54) is 13.3 Å². The molecule has 228 valence electrons. The molecule has 4 atom stereocenters. The molecule has 0 aliphatic carbocycles. The van der Waals surface area contributed by atoms with Gasteiger partial charge in [-0.2, -0.15) is 0 Å². The van der Waals surface area contributed by atoms with E-state index in [1.54, 1.807) is 42.5 Å². The highest BCUT2D eigenvalue weighted by atomic mass is 79.9. The van der Waals surface area contributed by atoms with Gasteiger partial charge in [-0.15, -0.1) is 0 Å². The van der Waals surface area contributed by atoms with Gasteiger partial charge in [-0.25, -0.2) is 4.39 Å². The first-order chi connectivity index (χ1) is 20.4. The molecule has 43 heavy (non-hydrogen) atoms. The third-order valence-corrected chi connectivity index (χ3v) is 8.65. The Kier molecular flexibility index (Phi) is 8.72. The average Bonchev–Trinajstić information content (AvgIpc) is 3.42. The van der Waals surface area contributed by atoms with Crippen LogP contribution in [-0.4, -0.2) is 54.3 Å². The highest BCUT2D eigenvalue weighted by Crippen LogP contribution is 2.56. The molecule has 5 rings (SSSR count). The number of aliphatic hydroxyl groups is 1. The van der Waals surface area contributed by atoms with Crippen LogP contribution in [0.25, 0.3) is 0 Å². The summed E-state index contributed by atoms with van der Waals surface area (Å²) < 4.78 is 27.2. The van der Waals surface area contributed by atoms with E-state index in [1.807, 2.05) is 20.8 Å². The molecule has 1 saturated heterocycles. The van der Waals surface area contributed by atoms with Crippen LogP contribution >= 0.6 is 27.5 Å². The lowest BCUT2D eigenvalue weighted by Gasteiger charge is -2.37. The molecule has 2 aliphatic rings. The molecule has 0 bridgehead atoms. The van der Waals surface area contributed by atoms with E-state index >= 15 is 4.39 Å². The molecular formula is C31H33BrClFN4O5. The molecule has 1 aromatic heterocycles. The summed E-state index contributed by atoms with van der Waals surface area (Å²) in [6.07, 6.45) is 1.93. The molecule has 3 aromatic rings. The Morgan fingerprint density at radius 2 is 2.02 bits per heavy atom. The Hall–Kier alpha value is -3.25. The summed E-state index contributed by atoms with van der Waals surface area (Å²) in [5.41, 5.74) is -0.333. The molecule has 2 aliphatic heterocycles. The summed E-state index contributed by atoms with van der Waals surface area (Å²) in [6.45, 7) is 6.06. The van der Waals surface area contributed by atoms with E-state index < -0.39 is 35.1 Å². The summed E-state index contributed by atoms with van der Waals surface area (Å²) in [5.74, 6) is -1.66. The second-order valence-electron chi connectivity index (χ2n) is 11.9. The minimum atomic E-state index is -1.44. The van der Waals surface area contributed by atoms with E-state index in [9.17, 15) is 9.59 Å². The summed E-state index contributed by atoms with van der Waals surface area (Å²) in [4.78, 5) is 33.1. The number of amides is 2. The number of methoxy groups -OCH3 is 1. The van der Waals surface area contributed by atoms with Crippen molar-refractivity contribution in [2.45, 2.75) is 50.6 Å². The number of anilines is 2. The van der Waals surface area contributed by atoms with Gasteiger partial charge in [0.25, 0.3) is 0 Å². The van der Waals surface area contributed by atoms with Gasteiger partial charge in [-0.3, -0.25) is 14.6 Å². The lowest BCUT2D eigenvalue weighted by molar-refractivity contribution is -0.122. The van der Waals surface area contributed by atoms with Crippen molar-refractivity contribution in [3.63, 3.8) is 0 Å². The number of carbonyl (C=O) groups is 2. The Morgan fingerprint density at radius 1 is 1.26 bits per heavy atom. The molecular weight excluding hydrogens is 643 g/mol. The minimum absolute atomic E-state index is 0.0980. The van der Waals surface area contributed by atoms with E-state index in [2.05, 4.69) is 36.9 Å². The third-order valence-electron chi connectivity index (χ3n) is 7.83. The lowest BCUT2D eigenvalue weighted by atomic mass is 9.64. The number of aliphatic hydroxyl groups excluding tert-OH is 1. The standard InChI is InChI=1S/C31H33BrClFN4O5/c1-30(2,3)14-23-31(27-21(37-29(31)41)12-16(33)15-35-27)24(18-6-5-7-19(32)25(18)34)26(38-23)28(40)36-20-9-8-17(43-11-10-39)13-22(20)42-4/h5-9,12-13,15,23-24,26,38-39H,10-11,14H2,1-4H3,(H,36,40)(H,37,41). The van der Waals surface area contributed by atoms with Crippen LogP contribution in [0.4, 0.5) is 15.8 Å². The van der Waals surface area contributed by atoms with E-state index in [4.69, 9.17) is 26.2 Å². The van der Waals surface area contributed by atoms with Crippen molar-refractivity contribution in [3.8, 4) is 11.5 Å². The fourth-order valence-electron chi connectivity index (χ4n) is 6.22. The Labute approximate surface area is 262 Å². The smallest absolute Gasteiger partial charge is 0.242 e. The molecule has 0 saturated carbocycles. The first kappa shape index (κ1) is 31.2. The van der Waals surface area contributed by atoms with Crippen LogP contribution in [0, 0.1) is 11.2 Å². The number of benzene rings is 2. The van der Waals surface area contributed by atoms with Crippen molar-refractivity contribution in [1.82, 2.24) is 10.3 Å². The molecule has 0 radical (unpaired) electrons. The van der Waals surface area contributed by atoms with Crippen molar-refractivity contribution >= 4 is 50.7 Å². The predicted molar refractivity (Wildman–Crippen MR) is 165 cm³/mol. The zero-order chi connectivity index (χ0) is 31.1. The van der Waals surface area contributed by atoms with Crippen molar-refractivity contribution < 1.29 is 28.6 Å². The molecule has 1 fully saturated rings. The third kappa shape index (κ3) is 5.71. The van der Waals surface area contributed by atoms with Crippen molar-refractivity contribution in [3.05, 3.63) is 75.2 Å². The summed E-state index contributed by atoms with van der Waals surface area (Å²) in [7, 11) is 1.46. The number of carbonyl (C=O) groups excluding carboxylic acids is 2. The number of pyridine rings is 1. The first-order valence-corrected chi connectivity index (χ1v) is 15.0. The van der Waals surface area contributed by atoms with Crippen LogP contribution < -0.4 is 25.4 Å². The number of nitrogens with one attached hydrogen (secondary N) is 3. The summed E-state index contributed by atoms with van der Waals surface area (Å²) >= 11 is 9.54. The number of fused-ring (bicyclic) bond motifs is 2. The summed E-state index contributed by atoms with van der Waals surface area (Å²) in [6, 6.07) is 9.67. The van der Waals surface area contributed by atoms with Gasteiger partial charge in [0.2, 0.25) is 11.8 Å². The monoisotopic (exact) mass is 674 g/mol. The molecule has 1 spiro atoms. The number of ether oxygens (including phenoxy) is 2. The van der Waals surface area contributed by atoms with Crippen LogP contribution in [0.1, 0.15) is 44.4 Å².